The molecule has 2 aromatic heterocycles. The van der Waals surface area contributed by atoms with Crippen molar-refractivity contribution in [2.75, 3.05) is 0 Å². The predicted molar refractivity (Wildman–Crippen MR) is 67.3 cm³/mol. The van der Waals surface area contributed by atoms with Crippen LogP contribution in [-0.2, 0) is 19.0 Å². The number of halogens is 1. The fourth-order valence-electron chi connectivity index (χ4n) is 1.85. The Morgan fingerprint density at radius 1 is 1.39 bits per heavy atom. The molecular formula is C13H17FN4. The van der Waals surface area contributed by atoms with Crippen LogP contribution in [0.5, 0.6) is 0 Å². The van der Waals surface area contributed by atoms with Crippen molar-refractivity contribution in [1.29, 1.82) is 0 Å². The van der Waals surface area contributed by atoms with E-state index < -0.39 is 5.54 Å². The van der Waals surface area contributed by atoms with Gasteiger partial charge in [-0.15, -0.1) is 0 Å². The lowest BCUT2D eigenvalue weighted by atomic mass is 9.91. The van der Waals surface area contributed by atoms with Crippen LogP contribution in [0.4, 0.5) is 4.39 Å². The van der Waals surface area contributed by atoms with Gasteiger partial charge in [0.05, 0.1) is 23.6 Å². The van der Waals surface area contributed by atoms with Gasteiger partial charge in [-0.2, -0.15) is 5.10 Å². The summed E-state index contributed by atoms with van der Waals surface area (Å²) < 4.78 is 14.6. The second-order valence-electron chi connectivity index (χ2n) is 4.80. The van der Waals surface area contributed by atoms with Crippen LogP contribution < -0.4 is 5.73 Å². The molecule has 18 heavy (non-hydrogen) atoms. The summed E-state index contributed by atoms with van der Waals surface area (Å²) in [6.07, 6.45) is 6.55. The maximum Gasteiger partial charge on any atom is 0.141 e. The van der Waals surface area contributed by atoms with E-state index in [1.165, 1.54) is 12.3 Å². The summed E-state index contributed by atoms with van der Waals surface area (Å²) in [6.45, 7) is 1.91. The van der Waals surface area contributed by atoms with Crippen molar-refractivity contribution in [2.45, 2.75) is 25.3 Å². The minimum Gasteiger partial charge on any atom is -0.320 e. The zero-order valence-corrected chi connectivity index (χ0v) is 10.6. The van der Waals surface area contributed by atoms with E-state index in [1.54, 1.807) is 10.7 Å². The molecule has 5 heteroatoms. The van der Waals surface area contributed by atoms with Crippen LogP contribution >= 0.6 is 0 Å². The Bertz CT molecular complexity index is 516. The van der Waals surface area contributed by atoms with Crippen molar-refractivity contribution in [3.8, 4) is 0 Å². The van der Waals surface area contributed by atoms with Gasteiger partial charge in [0.25, 0.3) is 0 Å². The van der Waals surface area contributed by atoms with Crippen LogP contribution in [0.2, 0.25) is 0 Å². The molecule has 1 atom stereocenters. The van der Waals surface area contributed by atoms with E-state index >= 15 is 0 Å². The van der Waals surface area contributed by atoms with E-state index in [0.29, 0.717) is 5.69 Å². The van der Waals surface area contributed by atoms with Crippen molar-refractivity contribution in [3.05, 3.63) is 47.8 Å². The Hall–Kier alpha value is -1.75. The number of nitrogens with zero attached hydrogens (tertiary/aromatic N) is 3. The van der Waals surface area contributed by atoms with Gasteiger partial charge in [-0.1, -0.05) is 0 Å². The van der Waals surface area contributed by atoms with E-state index in [0.717, 1.165) is 18.4 Å². The third-order valence-electron chi connectivity index (χ3n) is 3.00. The molecule has 0 radical (unpaired) electrons. The van der Waals surface area contributed by atoms with Crippen LogP contribution in [0, 0.1) is 5.82 Å². The predicted octanol–water partition coefficient (Wildman–Crippen LogP) is 1.76. The minimum absolute atomic E-state index is 0.346. The quantitative estimate of drug-likeness (QED) is 0.897. The molecule has 2 N–H and O–H groups in total. The average molecular weight is 248 g/mol. The van der Waals surface area contributed by atoms with Crippen molar-refractivity contribution < 1.29 is 4.39 Å². The summed E-state index contributed by atoms with van der Waals surface area (Å²) in [5, 5.41) is 4.11. The van der Waals surface area contributed by atoms with E-state index in [-0.39, 0.29) is 5.82 Å². The maximum absolute atomic E-state index is 12.8. The molecule has 96 valence electrons. The molecule has 0 spiro atoms. The molecule has 0 amide bonds. The standard InChI is InChI=1S/C13H17FN4/c1-13(15,12-4-3-11(14)8-16-12)6-5-10-7-17-18(2)9-10/h3-4,7-9H,5-6,15H2,1-2H3. The largest absolute Gasteiger partial charge is 0.320 e. The van der Waals surface area contributed by atoms with Gasteiger partial charge in [-0.25, -0.2) is 4.39 Å². The van der Waals surface area contributed by atoms with Gasteiger partial charge in [0.2, 0.25) is 0 Å². The lowest BCUT2D eigenvalue weighted by Gasteiger charge is -2.23. The molecule has 0 aliphatic heterocycles. The first kappa shape index (κ1) is 12.7. The third-order valence-corrected chi connectivity index (χ3v) is 3.00. The van der Waals surface area contributed by atoms with Crippen LogP contribution in [0.25, 0.3) is 0 Å². The Kier molecular flexibility index (Phi) is 3.43. The minimum atomic E-state index is -0.566. The molecule has 0 bridgehead atoms. The maximum atomic E-state index is 12.8. The fourth-order valence-corrected chi connectivity index (χ4v) is 1.85. The van der Waals surface area contributed by atoms with Crippen molar-refractivity contribution >= 4 is 0 Å². The normalized spacial score (nSPS) is 14.4. The highest BCUT2D eigenvalue weighted by Crippen LogP contribution is 2.21. The highest BCUT2D eigenvalue weighted by molar-refractivity contribution is 5.16. The summed E-state index contributed by atoms with van der Waals surface area (Å²) in [6, 6.07) is 3.02. The Labute approximate surface area is 106 Å². The second kappa shape index (κ2) is 4.86. The third kappa shape index (κ3) is 2.92. The Morgan fingerprint density at radius 2 is 2.17 bits per heavy atom. The molecule has 1 unspecified atom stereocenters. The Morgan fingerprint density at radius 3 is 2.72 bits per heavy atom. The number of nitrogens with two attached hydrogens (primary N) is 1. The molecule has 0 fully saturated rings. The van der Waals surface area contributed by atoms with Crippen LogP contribution in [0.3, 0.4) is 0 Å². The summed E-state index contributed by atoms with van der Waals surface area (Å²) >= 11 is 0. The van der Waals surface area contributed by atoms with Crippen molar-refractivity contribution in [3.63, 3.8) is 0 Å². The Balaban J connectivity index is 2.04. The van der Waals surface area contributed by atoms with Crippen LogP contribution in [-0.4, -0.2) is 14.8 Å². The lowest BCUT2D eigenvalue weighted by Crippen LogP contribution is -2.34. The zero-order valence-electron chi connectivity index (χ0n) is 10.6. The number of hydrogen-bond donors (Lipinski definition) is 1. The average Bonchev–Trinajstić information content (AvgIpc) is 2.73. The highest BCUT2D eigenvalue weighted by Gasteiger charge is 2.22. The monoisotopic (exact) mass is 248 g/mol. The van der Waals surface area contributed by atoms with Crippen LogP contribution in [0.1, 0.15) is 24.6 Å². The summed E-state index contributed by atoms with van der Waals surface area (Å²) in [7, 11) is 1.88. The van der Waals surface area contributed by atoms with Crippen LogP contribution in [0.15, 0.2) is 30.7 Å². The first-order valence-electron chi connectivity index (χ1n) is 5.86. The topological polar surface area (TPSA) is 56.7 Å². The summed E-state index contributed by atoms with van der Waals surface area (Å²) in [5.41, 5.74) is 7.50. The van der Waals surface area contributed by atoms with E-state index in [4.69, 9.17) is 5.73 Å². The van der Waals surface area contributed by atoms with E-state index in [1.807, 2.05) is 26.4 Å². The van der Waals surface area contributed by atoms with E-state index in [2.05, 4.69) is 10.1 Å². The van der Waals surface area contributed by atoms with Crippen molar-refractivity contribution in [1.82, 2.24) is 14.8 Å². The molecule has 2 aromatic rings. The van der Waals surface area contributed by atoms with Gasteiger partial charge < -0.3 is 5.73 Å². The van der Waals surface area contributed by atoms with Gasteiger partial charge >= 0.3 is 0 Å². The SMILES string of the molecule is Cn1cc(CCC(C)(N)c2ccc(F)cn2)cn1. The van der Waals surface area contributed by atoms with Gasteiger partial charge in [0, 0.05) is 13.2 Å². The number of pyridine rings is 1. The summed E-state index contributed by atoms with van der Waals surface area (Å²) in [5.74, 6) is -0.346. The van der Waals surface area contributed by atoms with Crippen molar-refractivity contribution in [2.24, 2.45) is 12.8 Å². The summed E-state index contributed by atoms with van der Waals surface area (Å²) in [4.78, 5) is 4.05. The molecule has 0 aromatic carbocycles. The molecule has 0 saturated carbocycles. The smallest absolute Gasteiger partial charge is 0.141 e. The molecule has 2 heterocycles. The zero-order chi connectivity index (χ0) is 13.2. The molecule has 0 aliphatic carbocycles. The number of rotatable bonds is 4. The first-order valence-corrected chi connectivity index (χ1v) is 5.86. The molecule has 0 saturated heterocycles. The first-order chi connectivity index (χ1) is 8.47. The molecule has 0 aliphatic rings. The number of aromatic nitrogens is 3. The fraction of sp³-hybridized carbons (Fsp3) is 0.385. The number of aryl methyl sites for hydroxylation is 2. The van der Waals surface area contributed by atoms with Gasteiger partial charge in [-0.05, 0) is 37.5 Å². The molecule has 2 rings (SSSR count). The number of hydrogen-bond acceptors (Lipinski definition) is 3. The van der Waals surface area contributed by atoms with E-state index in [9.17, 15) is 4.39 Å². The highest BCUT2D eigenvalue weighted by atomic mass is 19.1. The van der Waals surface area contributed by atoms with Gasteiger partial charge in [0.1, 0.15) is 5.82 Å². The molecular weight excluding hydrogens is 231 g/mol. The lowest BCUT2D eigenvalue weighted by molar-refractivity contribution is 0.437. The van der Waals surface area contributed by atoms with Gasteiger partial charge in [0.15, 0.2) is 0 Å². The molecule has 4 nitrogen and oxygen atoms in total. The second-order valence-corrected chi connectivity index (χ2v) is 4.80. The van der Waals surface area contributed by atoms with Gasteiger partial charge in [-0.3, -0.25) is 9.67 Å².